The first kappa shape index (κ1) is 11.9. The fourth-order valence-electron chi connectivity index (χ4n) is 2.00. The molecule has 1 aromatic rings. The standard InChI is InChI=1S/C13H15FNO2/c1-10(16)15-7-3-6-13(9-15)17-12-5-2-4-11(14)8-12/h4-5,8,13H,3,6-7,9H2,1H3. The average Bonchev–Trinajstić information content (AvgIpc) is 2.29. The summed E-state index contributed by atoms with van der Waals surface area (Å²) in [6.07, 6.45) is 1.76. The van der Waals surface area contributed by atoms with Gasteiger partial charge in [0.2, 0.25) is 5.91 Å². The number of rotatable bonds is 2. The van der Waals surface area contributed by atoms with Gasteiger partial charge in [0, 0.05) is 19.5 Å². The molecule has 3 nitrogen and oxygen atoms in total. The minimum atomic E-state index is -0.360. The zero-order chi connectivity index (χ0) is 12.3. The molecule has 2 rings (SSSR count). The summed E-state index contributed by atoms with van der Waals surface area (Å²) >= 11 is 0. The van der Waals surface area contributed by atoms with Crippen LogP contribution in [0.1, 0.15) is 19.8 Å². The van der Waals surface area contributed by atoms with Crippen molar-refractivity contribution in [1.29, 1.82) is 0 Å². The predicted octanol–water partition coefficient (Wildman–Crippen LogP) is 2.02. The first-order chi connectivity index (χ1) is 8.15. The van der Waals surface area contributed by atoms with E-state index in [2.05, 4.69) is 6.07 Å². The van der Waals surface area contributed by atoms with Crippen LogP contribution in [0.25, 0.3) is 0 Å². The Kier molecular flexibility index (Phi) is 3.61. The lowest BCUT2D eigenvalue weighted by Crippen LogP contribution is -2.43. The molecule has 4 heteroatoms. The molecule has 1 heterocycles. The number of hydrogen-bond acceptors (Lipinski definition) is 2. The van der Waals surface area contributed by atoms with Crippen molar-refractivity contribution < 1.29 is 13.9 Å². The van der Waals surface area contributed by atoms with Crippen molar-refractivity contribution in [1.82, 2.24) is 4.90 Å². The summed E-state index contributed by atoms with van der Waals surface area (Å²) in [5.41, 5.74) is 0. The first-order valence-corrected chi connectivity index (χ1v) is 5.74. The van der Waals surface area contributed by atoms with Crippen LogP contribution in [0.3, 0.4) is 0 Å². The molecule has 1 unspecified atom stereocenters. The van der Waals surface area contributed by atoms with Crippen LogP contribution in [0, 0.1) is 11.9 Å². The normalized spacial score (nSPS) is 20.1. The largest absolute Gasteiger partial charge is 0.488 e. The maximum atomic E-state index is 13.0. The third-order valence-electron chi connectivity index (χ3n) is 2.85. The Morgan fingerprint density at radius 2 is 2.41 bits per heavy atom. The maximum Gasteiger partial charge on any atom is 0.219 e. The number of hydrogen-bond donors (Lipinski definition) is 0. The Morgan fingerprint density at radius 3 is 3.12 bits per heavy atom. The smallest absolute Gasteiger partial charge is 0.219 e. The summed E-state index contributed by atoms with van der Waals surface area (Å²) in [4.78, 5) is 13.0. The topological polar surface area (TPSA) is 29.5 Å². The van der Waals surface area contributed by atoms with E-state index in [1.165, 1.54) is 12.1 Å². The second kappa shape index (κ2) is 5.17. The van der Waals surface area contributed by atoms with Gasteiger partial charge in [-0.15, -0.1) is 0 Å². The number of amides is 1. The van der Waals surface area contributed by atoms with Crippen LogP contribution in [-0.4, -0.2) is 30.0 Å². The molecule has 1 aliphatic heterocycles. The summed E-state index contributed by atoms with van der Waals surface area (Å²) in [5.74, 6) is 0.172. The number of benzene rings is 1. The van der Waals surface area contributed by atoms with Crippen molar-refractivity contribution >= 4 is 5.91 Å². The molecule has 0 aliphatic carbocycles. The van der Waals surface area contributed by atoms with E-state index >= 15 is 0 Å². The van der Waals surface area contributed by atoms with Gasteiger partial charge < -0.3 is 9.64 Å². The van der Waals surface area contributed by atoms with Crippen LogP contribution < -0.4 is 4.74 Å². The van der Waals surface area contributed by atoms with Crippen LogP contribution >= 0.6 is 0 Å². The van der Waals surface area contributed by atoms with Gasteiger partial charge in [-0.05, 0) is 31.0 Å². The van der Waals surface area contributed by atoms with Gasteiger partial charge in [-0.25, -0.2) is 4.39 Å². The van der Waals surface area contributed by atoms with E-state index in [1.807, 2.05) is 0 Å². The summed E-state index contributed by atoms with van der Waals surface area (Å²) in [7, 11) is 0. The lowest BCUT2D eigenvalue weighted by atomic mass is 10.1. The molecule has 0 spiro atoms. The van der Waals surface area contributed by atoms with Crippen molar-refractivity contribution in [3.8, 4) is 5.75 Å². The number of halogens is 1. The molecule has 0 saturated carbocycles. The van der Waals surface area contributed by atoms with Crippen molar-refractivity contribution in [3.63, 3.8) is 0 Å². The second-order valence-electron chi connectivity index (χ2n) is 4.23. The average molecular weight is 236 g/mol. The highest BCUT2D eigenvalue weighted by atomic mass is 19.1. The minimum Gasteiger partial charge on any atom is -0.488 e. The van der Waals surface area contributed by atoms with Crippen molar-refractivity contribution in [2.75, 3.05) is 13.1 Å². The number of piperidine rings is 1. The van der Waals surface area contributed by atoms with E-state index in [0.29, 0.717) is 12.3 Å². The fourth-order valence-corrected chi connectivity index (χ4v) is 2.00. The molecule has 1 atom stereocenters. The Balaban J connectivity index is 1.97. The molecular formula is C13H15FNO2. The zero-order valence-corrected chi connectivity index (χ0v) is 9.78. The van der Waals surface area contributed by atoms with Crippen molar-refractivity contribution in [3.05, 3.63) is 30.1 Å². The Labute approximate surface area is 100 Å². The quantitative estimate of drug-likeness (QED) is 0.786. The van der Waals surface area contributed by atoms with Crippen LogP contribution in [0.4, 0.5) is 4.39 Å². The molecule has 1 saturated heterocycles. The molecule has 0 aromatic heterocycles. The molecule has 0 bridgehead atoms. The summed E-state index contributed by atoms with van der Waals surface area (Å²) in [6, 6.07) is 6.88. The summed E-state index contributed by atoms with van der Waals surface area (Å²) < 4.78 is 18.6. The lowest BCUT2D eigenvalue weighted by Gasteiger charge is -2.32. The van der Waals surface area contributed by atoms with Crippen molar-refractivity contribution in [2.45, 2.75) is 25.9 Å². The molecule has 1 aliphatic rings. The van der Waals surface area contributed by atoms with Crippen LogP contribution in [0.2, 0.25) is 0 Å². The van der Waals surface area contributed by atoms with Crippen LogP contribution in [-0.2, 0) is 4.79 Å². The highest BCUT2D eigenvalue weighted by Crippen LogP contribution is 2.19. The van der Waals surface area contributed by atoms with E-state index in [0.717, 1.165) is 19.4 Å². The minimum absolute atomic E-state index is 0.0529. The van der Waals surface area contributed by atoms with E-state index in [-0.39, 0.29) is 17.8 Å². The third-order valence-corrected chi connectivity index (χ3v) is 2.85. The number of nitrogens with zero attached hydrogens (tertiary/aromatic N) is 1. The van der Waals surface area contributed by atoms with Gasteiger partial charge in [-0.3, -0.25) is 4.79 Å². The van der Waals surface area contributed by atoms with Crippen molar-refractivity contribution in [2.24, 2.45) is 0 Å². The van der Waals surface area contributed by atoms with Gasteiger partial charge in [0.05, 0.1) is 6.54 Å². The van der Waals surface area contributed by atoms with Gasteiger partial charge in [0.25, 0.3) is 0 Å². The summed E-state index contributed by atoms with van der Waals surface area (Å²) in [6.45, 7) is 2.91. The third kappa shape index (κ3) is 3.19. The van der Waals surface area contributed by atoms with Gasteiger partial charge in [-0.2, -0.15) is 0 Å². The SMILES string of the molecule is CC(=O)N1CCCC(Oc2c[c]cc(F)c2)C1. The molecule has 17 heavy (non-hydrogen) atoms. The molecule has 91 valence electrons. The monoisotopic (exact) mass is 236 g/mol. The van der Waals surface area contributed by atoms with Gasteiger partial charge in [0.15, 0.2) is 0 Å². The first-order valence-electron chi connectivity index (χ1n) is 5.74. The number of carbonyl (C=O) groups excluding carboxylic acids is 1. The number of likely N-dealkylation sites (tertiary alicyclic amines) is 1. The highest BCUT2D eigenvalue weighted by molar-refractivity contribution is 5.73. The zero-order valence-electron chi connectivity index (χ0n) is 9.78. The highest BCUT2D eigenvalue weighted by Gasteiger charge is 2.22. The summed E-state index contributed by atoms with van der Waals surface area (Å²) in [5, 5.41) is 0. The van der Waals surface area contributed by atoms with Gasteiger partial charge in [-0.1, -0.05) is 0 Å². The molecule has 1 aromatic carbocycles. The number of carbonyl (C=O) groups is 1. The van der Waals surface area contributed by atoms with Crippen LogP contribution in [0.15, 0.2) is 18.2 Å². The number of ether oxygens (including phenoxy) is 1. The fraction of sp³-hybridized carbons (Fsp3) is 0.462. The van der Waals surface area contributed by atoms with Gasteiger partial charge in [0.1, 0.15) is 17.7 Å². The molecule has 1 amide bonds. The Hall–Kier alpha value is -1.58. The molecule has 1 radical (unpaired) electrons. The molecular weight excluding hydrogens is 221 g/mol. The second-order valence-corrected chi connectivity index (χ2v) is 4.23. The maximum absolute atomic E-state index is 13.0. The van der Waals surface area contributed by atoms with Gasteiger partial charge >= 0.3 is 0 Å². The molecule has 0 N–H and O–H groups in total. The predicted molar refractivity (Wildman–Crippen MR) is 61.1 cm³/mol. The van der Waals surface area contributed by atoms with E-state index < -0.39 is 0 Å². The lowest BCUT2D eigenvalue weighted by molar-refractivity contribution is -0.131. The molecule has 1 fully saturated rings. The van der Waals surface area contributed by atoms with Crippen LogP contribution in [0.5, 0.6) is 5.75 Å². The van der Waals surface area contributed by atoms with E-state index in [9.17, 15) is 9.18 Å². The Morgan fingerprint density at radius 1 is 1.59 bits per heavy atom. The van der Waals surface area contributed by atoms with E-state index in [1.54, 1.807) is 17.9 Å². The Bertz CT molecular complexity index is 408. The van der Waals surface area contributed by atoms with E-state index in [4.69, 9.17) is 4.74 Å².